The first-order chi connectivity index (χ1) is 8.74. The lowest BCUT2D eigenvalue weighted by Gasteiger charge is -2.31. The molecule has 1 aromatic rings. The van der Waals surface area contributed by atoms with Crippen molar-refractivity contribution in [1.82, 2.24) is 9.88 Å². The molecule has 2 rings (SSSR count). The number of pyridine rings is 1. The van der Waals surface area contributed by atoms with Crippen LogP contribution in [-0.2, 0) is 0 Å². The molecule has 1 fully saturated rings. The molecule has 0 unspecified atom stereocenters. The van der Waals surface area contributed by atoms with Crippen molar-refractivity contribution in [2.24, 2.45) is 0 Å². The van der Waals surface area contributed by atoms with Crippen molar-refractivity contribution in [3.05, 3.63) is 24.0 Å². The number of carbonyl (C=O) groups excluding carboxylic acids is 1. The lowest BCUT2D eigenvalue weighted by Crippen LogP contribution is -2.38. The largest absolute Gasteiger partial charge is 0.387 e. The van der Waals surface area contributed by atoms with Gasteiger partial charge in [0.2, 0.25) is 0 Å². The molecule has 0 atom stereocenters. The summed E-state index contributed by atoms with van der Waals surface area (Å²) in [7, 11) is 3.73. The highest BCUT2D eigenvalue weighted by atomic mass is 16.2. The molecule has 4 heteroatoms. The first kappa shape index (κ1) is 12.9. The summed E-state index contributed by atoms with van der Waals surface area (Å²) >= 11 is 0. The van der Waals surface area contributed by atoms with Gasteiger partial charge in [0.1, 0.15) is 0 Å². The summed E-state index contributed by atoms with van der Waals surface area (Å²) in [5.41, 5.74) is 1.51. The van der Waals surface area contributed by atoms with E-state index in [1.54, 1.807) is 12.4 Å². The summed E-state index contributed by atoms with van der Waals surface area (Å²) in [6, 6.07) is 2.22. The predicted octanol–water partition coefficient (Wildman–Crippen LogP) is 2.53. The van der Waals surface area contributed by atoms with Crippen LogP contribution in [0.5, 0.6) is 0 Å². The van der Waals surface area contributed by atoms with Gasteiger partial charge >= 0.3 is 0 Å². The van der Waals surface area contributed by atoms with Crippen LogP contribution in [0.1, 0.15) is 42.5 Å². The molecule has 1 aliphatic rings. The second kappa shape index (κ2) is 5.85. The minimum atomic E-state index is 0.0688. The van der Waals surface area contributed by atoms with E-state index in [-0.39, 0.29) is 5.91 Å². The molecular formula is C14H21N3O. The highest BCUT2D eigenvalue weighted by molar-refractivity contribution is 5.99. The third-order valence-corrected chi connectivity index (χ3v) is 3.76. The molecule has 98 valence electrons. The maximum Gasteiger partial charge on any atom is 0.257 e. The van der Waals surface area contributed by atoms with Gasteiger partial charge in [-0.25, -0.2) is 0 Å². The molecule has 0 aromatic carbocycles. The molecule has 1 saturated carbocycles. The Kier molecular flexibility index (Phi) is 4.18. The van der Waals surface area contributed by atoms with Crippen molar-refractivity contribution >= 4 is 11.6 Å². The van der Waals surface area contributed by atoms with E-state index in [1.807, 2.05) is 25.1 Å². The van der Waals surface area contributed by atoms with E-state index >= 15 is 0 Å². The van der Waals surface area contributed by atoms with Crippen LogP contribution in [0.4, 0.5) is 5.69 Å². The lowest BCUT2D eigenvalue weighted by molar-refractivity contribution is 0.0697. The molecular weight excluding hydrogens is 226 g/mol. The molecule has 0 saturated heterocycles. The van der Waals surface area contributed by atoms with Crippen molar-refractivity contribution in [2.75, 3.05) is 19.4 Å². The van der Waals surface area contributed by atoms with Gasteiger partial charge in [0.25, 0.3) is 5.91 Å². The Labute approximate surface area is 108 Å². The van der Waals surface area contributed by atoms with E-state index in [0.717, 1.165) is 18.5 Å². The number of hydrogen-bond acceptors (Lipinski definition) is 3. The van der Waals surface area contributed by atoms with Gasteiger partial charge in [0, 0.05) is 38.2 Å². The smallest absolute Gasteiger partial charge is 0.257 e. The van der Waals surface area contributed by atoms with Gasteiger partial charge in [-0.1, -0.05) is 19.3 Å². The number of hydrogen-bond donors (Lipinski definition) is 1. The molecule has 1 aliphatic carbocycles. The van der Waals surface area contributed by atoms with E-state index in [2.05, 4.69) is 10.3 Å². The normalized spacial score (nSPS) is 16.3. The van der Waals surface area contributed by atoms with Gasteiger partial charge in [-0.05, 0) is 18.9 Å². The number of rotatable bonds is 3. The number of nitrogens with one attached hydrogen (secondary N) is 1. The van der Waals surface area contributed by atoms with Crippen LogP contribution in [0, 0.1) is 0 Å². The van der Waals surface area contributed by atoms with Gasteiger partial charge in [-0.2, -0.15) is 0 Å². The molecule has 1 heterocycles. The summed E-state index contributed by atoms with van der Waals surface area (Å²) in [5.74, 6) is 0.0688. The lowest BCUT2D eigenvalue weighted by atomic mass is 9.94. The van der Waals surface area contributed by atoms with E-state index in [0.29, 0.717) is 11.6 Å². The molecule has 0 bridgehead atoms. The van der Waals surface area contributed by atoms with Crippen molar-refractivity contribution in [3.8, 4) is 0 Å². The Balaban J connectivity index is 2.14. The molecule has 0 radical (unpaired) electrons. The minimum absolute atomic E-state index is 0.0688. The van der Waals surface area contributed by atoms with Gasteiger partial charge in [-0.3, -0.25) is 9.78 Å². The Morgan fingerprint density at radius 3 is 2.78 bits per heavy atom. The third kappa shape index (κ3) is 2.63. The number of carbonyl (C=O) groups is 1. The number of aromatic nitrogens is 1. The fourth-order valence-electron chi connectivity index (χ4n) is 2.61. The Morgan fingerprint density at radius 2 is 2.11 bits per heavy atom. The van der Waals surface area contributed by atoms with Crippen molar-refractivity contribution in [1.29, 1.82) is 0 Å². The molecule has 1 aromatic heterocycles. The second-order valence-corrected chi connectivity index (χ2v) is 4.88. The predicted molar refractivity (Wildman–Crippen MR) is 72.8 cm³/mol. The van der Waals surface area contributed by atoms with E-state index in [1.165, 1.54) is 19.3 Å². The average Bonchev–Trinajstić information content (AvgIpc) is 2.46. The highest BCUT2D eigenvalue weighted by Gasteiger charge is 2.24. The monoisotopic (exact) mass is 247 g/mol. The van der Waals surface area contributed by atoms with E-state index < -0.39 is 0 Å². The summed E-state index contributed by atoms with van der Waals surface area (Å²) < 4.78 is 0. The molecule has 0 aliphatic heterocycles. The first-order valence-electron chi connectivity index (χ1n) is 6.63. The number of amides is 1. The van der Waals surface area contributed by atoms with Gasteiger partial charge in [-0.15, -0.1) is 0 Å². The maximum atomic E-state index is 12.5. The standard InChI is InChI=1S/C14H21N3O/c1-15-13-8-9-16-10-12(13)14(18)17(2)11-6-4-3-5-7-11/h8-11H,3-7H2,1-2H3,(H,15,16). The van der Waals surface area contributed by atoms with Gasteiger partial charge in [0.05, 0.1) is 5.56 Å². The van der Waals surface area contributed by atoms with Crippen LogP contribution in [0.15, 0.2) is 18.5 Å². The zero-order valence-corrected chi connectivity index (χ0v) is 11.1. The van der Waals surface area contributed by atoms with Crippen molar-refractivity contribution in [3.63, 3.8) is 0 Å². The number of nitrogens with zero attached hydrogens (tertiary/aromatic N) is 2. The first-order valence-corrected chi connectivity index (χ1v) is 6.63. The molecule has 1 N–H and O–H groups in total. The molecule has 18 heavy (non-hydrogen) atoms. The van der Waals surface area contributed by atoms with Crippen LogP contribution < -0.4 is 5.32 Å². The zero-order chi connectivity index (χ0) is 13.0. The molecule has 4 nitrogen and oxygen atoms in total. The highest BCUT2D eigenvalue weighted by Crippen LogP contribution is 2.24. The summed E-state index contributed by atoms with van der Waals surface area (Å²) in [6.07, 6.45) is 9.35. The fraction of sp³-hybridized carbons (Fsp3) is 0.571. The van der Waals surface area contributed by atoms with E-state index in [4.69, 9.17) is 0 Å². The Morgan fingerprint density at radius 1 is 1.39 bits per heavy atom. The van der Waals surface area contributed by atoms with Crippen LogP contribution in [0.25, 0.3) is 0 Å². The average molecular weight is 247 g/mol. The van der Waals surface area contributed by atoms with Crippen LogP contribution in [0.2, 0.25) is 0 Å². The van der Waals surface area contributed by atoms with Crippen molar-refractivity contribution in [2.45, 2.75) is 38.1 Å². The Bertz CT molecular complexity index is 413. The summed E-state index contributed by atoms with van der Waals surface area (Å²) in [6.45, 7) is 0. The molecule has 1 amide bonds. The summed E-state index contributed by atoms with van der Waals surface area (Å²) in [4.78, 5) is 18.4. The molecule has 0 spiro atoms. The van der Waals surface area contributed by atoms with Crippen LogP contribution in [0.3, 0.4) is 0 Å². The number of anilines is 1. The topological polar surface area (TPSA) is 45.2 Å². The zero-order valence-electron chi connectivity index (χ0n) is 11.1. The SMILES string of the molecule is CNc1ccncc1C(=O)N(C)C1CCCCC1. The van der Waals surface area contributed by atoms with Gasteiger partial charge < -0.3 is 10.2 Å². The fourth-order valence-corrected chi connectivity index (χ4v) is 2.61. The van der Waals surface area contributed by atoms with Crippen LogP contribution >= 0.6 is 0 Å². The Hall–Kier alpha value is -1.58. The van der Waals surface area contributed by atoms with Crippen molar-refractivity contribution < 1.29 is 4.79 Å². The summed E-state index contributed by atoms with van der Waals surface area (Å²) in [5, 5.41) is 3.05. The third-order valence-electron chi connectivity index (χ3n) is 3.76. The van der Waals surface area contributed by atoms with Gasteiger partial charge in [0.15, 0.2) is 0 Å². The van der Waals surface area contributed by atoms with E-state index in [9.17, 15) is 4.79 Å². The minimum Gasteiger partial charge on any atom is -0.387 e. The van der Waals surface area contributed by atoms with Crippen LogP contribution in [-0.4, -0.2) is 35.9 Å². The quantitative estimate of drug-likeness (QED) is 0.892. The maximum absolute atomic E-state index is 12.5. The second-order valence-electron chi connectivity index (χ2n) is 4.88.